The Morgan fingerprint density at radius 2 is 2.25 bits per heavy atom. The fourth-order valence-corrected chi connectivity index (χ4v) is 2.65. The van der Waals surface area contributed by atoms with Crippen molar-refractivity contribution >= 4 is 5.96 Å². The predicted octanol–water partition coefficient (Wildman–Crippen LogP) is 1.38. The van der Waals surface area contributed by atoms with Crippen LogP contribution < -0.4 is 5.32 Å². The second-order valence-electron chi connectivity index (χ2n) is 5.53. The topological polar surface area (TPSA) is 73.9 Å². The summed E-state index contributed by atoms with van der Waals surface area (Å²) < 4.78 is 4.82. The van der Waals surface area contributed by atoms with Crippen molar-refractivity contribution in [3.05, 3.63) is 18.0 Å². The van der Waals surface area contributed by atoms with Crippen molar-refractivity contribution in [2.45, 2.75) is 44.2 Å². The minimum Gasteiger partial charge on any atom is -0.388 e. The SMILES string of the molecule is CN=C(NCC1(O)CCCCC1)N(C)Cc1ccon1. The van der Waals surface area contributed by atoms with Gasteiger partial charge in [-0.05, 0) is 12.8 Å². The number of hydrogen-bond donors (Lipinski definition) is 2. The third-order valence-corrected chi connectivity index (χ3v) is 3.82. The molecule has 1 saturated carbocycles. The molecule has 0 unspecified atom stereocenters. The summed E-state index contributed by atoms with van der Waals surface area (Å²) in [6, 6.07) is 1.83. The van der Waals surface area contributed by atoms with Gasteiger partial charge in [-0.3, -0.25) is 4.99 Å². The summed E-state index contributed by atoms with van der Waals surface area (Å²) in [5, 5.41) is 17.6. The van der Waals surface area contributed by atoms with E-state index in [1.807, 2.05) is 18.0 Å². The number of hydrogen-bond acceptors (Lipinski definition) is 4. The van der Waals surface area contributed by atoms with Crippen molar-refractivity contribution in [3.63, 3.8) is 0 Å². The zero-order chi connectivity index (χ0) is 14.4. The molecule has 20 heavy (non-hydrogen) atoms. The Labute approximate surface area is 119 Å². The van der Waals surface area contributed by atoms with E-state index >= 15 is 0 Å². The Morgan fingerprint density at radius 1 is 1.50 bits per heavy atom. The molecule has 1 aliphatic rings. The number of aliphatic hydroxyl groups is 1. The van der Waals surface area contributed by atoms with E-state index in [1.165, 1.54) is 6.42 Å². The van der Waals surface area contributed by atoms with Crippen LogP contribution in [0, 0.1) is 0 Å². The largest absolute Gasteiger partial charge is 0.388 e. The minimum absolute atomic E-state index is 0.544. The molecule has 0 atom stereocenters. The quantitative estimate of drug-likeness (QED) is 0.644. The van der Waals surface area contributed by atoms with E-state index in [9.17, 15) is 5.11 Å². The lowest BCUT2D eigenvalue weighted by molar-refractivity contribution is 0.00819. The van der Waals surface area contributed by atoms with Gasteiger partial charge >= 0.3 is 0 Å². The van der Waals surface area contributed by atoms with E-state index in [1.54, 1.807) is 13.3 Å². The van der Waals surface area contributed by atoms with Crippen LogP contribution in [0.5, 0.6) is 0 Å². The van der Waals surface area contributed by atoms with E-state index in [0.29, 0.717) is 13.1 Å². The van der Waals surface area contributed by atoms with Crippen LogP contribution in [0.25, 0.3) is 0 Å². The highest BCUT2D eigenvalue weighted by molar-refractivity contribution is 5.79. The van der Waals surface area contributed by atoms with Gasteiger partial charge in [0.1, 0.15) is 12.0 Å². The average Bonchev–Trinajstić information content (AvgIpc) is 2.93. The Hall–Kier alpha value is -1.56. The van der Waals surface area contributed by atoms with Gasteiger partial charge in [-0.15, -0.1) is 0 Å². The Bertz CT molecular complexity index is 424. The van der Waals surface area contributed by atoms with Gasteiger partial charge in [-0.1, -0.05) is 24.4 Å². The van der Waals surface area contributed by atoms with Crippen LogP contribution in [0.15, 0.2) is 21.8 Å². The molecule has 0 radical (unpaired) electrons. The molecule has 1 aliphatic carbocycles. The minimum atomic E-state index is -0.594. The highest BCUT2D eigenvalue weighted by Gasteiger charge is 2.29. The highest BCUT2D eigenvalue weighted by atomic mass is 16.5. The summed E-state index contributed by atoms with van der Waals surface area (Å²) in [6.07, 6.45) is 6.72. The smallest absolute Gasteiger partial charge is 0.193 e. The Kier molecular flexibility index (Phi) is 5.00. The molecule has 2 rings (SSSR count). The summed E-state index contributed by atoms with van der Waals surface area (Å²) >= 11 is 0. The number of nitrogens with zero attached hydrogens (tertiary/aromatic N) is 3. The molecule has 1 aromatic rings. The van der Waals surface area contributed by atoms with E-state index < -0.39 is 5.60 Å². The molecule has 6 heteroatoms. The zero-order valence-corrected chi connectivity index (χ0v) is 12.3. The summed E-state index contributed by atoms with van der Waals surface area (Å²) in [5.41, 5.74) is 0.259. The van der Waals surface area contributed by atoms with Gasteiger partial charge in [0.2, 0.25) is 0 Å². The molecule has 0 saturated heterocycles. The van der Waals surface area contributed by atoms with Crippen LogP contribution in [0.2, 0.25) is 0 Å². The molecule has 0 amide bonds. The van der Waals surface area contributed by atoms with Gasteiger partial charge in [-0.2, -0.15) is 0 Å². The number of guanidine groups is 1. The van der Waals surface area contributed by atoms with E-state index in [0.717, 1.165) is 37.3 Å². The van der Waals surface area contributed by atoms with Crippen molar-refractivity contribution in [3.8, 4) is 0 Å². The first-order chi connectivity index (χ1) is 9.63. The fraction of sp³-hybridized carbons (Fsp3) is 0.714. The van der Waals surface area contributed by atoms with Crippen LogP contribution in [0.4, 0.5) is 0 Å². The van der Waals surface area contributed by atoms with Gasteiger partial charge in [0.15, 0.2) is 5.96 Å². The third kappa shape index (κ3) is 3.96. The summed E-state index contributed by atoms with van der Waals surface area (Å²) in [4.78, 5) is 6.21. The number of nitrogens with one attached hydrogen (secondary N) is 1. The average molecular weight is 280 g/mol. The Balaban J connectivity index is 1.85. The third-order valence-electron chi connectivity index (χ3n) is 3.82. The van der Waals surface area contributed by atoms with Crippen molar-refractivity contribution in [2.24, 2.45) is 4.99 Å². The fourth-order valence-electron chi connectivity index (χ4n) is 2.65. The highest BCUT2D eigenvalue weighted by Crippen LogP contribution is 2.27. The second-order valence-corrected chi connectivity index (χ2v) is 5.53. The van der Waals surface area contributed by atoms with Crippen LogP contribution in [-0.4, -0.2) is 47.4 Å². The standard InChI is InChI=1S/C14H24N4O2/c1-15-13(18(2)10-12-6-9-20-17-12)16-11-14(19)7-4-3-5-8-14/h6,9,19H,3-5,7-8,10-11H2,1-2H3,(H,15,16). The molecule has 0 spiro atoms. The maximum Gasteiger partial charge on any atom is 0.193 e. The van der Waals surface area contributed by atoms with Gasteiger partial charge in [-0.25, -0.2) is 0 Å². The van der Waals surface area contributed by atoms with Gasteiger partial charge in [0, 0.05) is 26.7 Å². The van der Waals surface area contributed by atoms with Crippen LogP contribution in [0.3, 0.4) is 0 Å². The summed E-state index contributed by atoms with van der Waals surface area (Å²) in [7, 11) is 3.68. The monoisotopic (exact) mass is 280 g/mol. The molecular weight excluding hydrogens is 256 g/mol. The van der Waals surface area contributed by atoms with Gasteiger partial charge in [0.25, 0.3) is 0 Å². The maximum atomic E-state index is 10.5. The van der Waals surface area contributed by atoms with E-state index in [2.05, 4.69) is 15.5 Å². The van der Waals surface area contributed by atoms with Crippen LogP contribution in [0.1, 0.15) is 37.8 Å². The molecule has 112 valence electrons. The zero-order valence-electron chi connectivity index (χ0n) is 12.3. The first-order valence-corrected chi connectivity index (χ1v) is 7.16. The van der Waals surface area contributed by atoms with Crippen molar-refractivity contribution in [2.75, 3.05) is 20.6 Å². The molecule has 2 N–H and O–H groups in total. The van der Waals surface area contributed by atoms with Crippen molar-refractivity contribution in [1.29, 1.82) is 0 Å². The molecule has 1 fully saturated rings. The molecule has 1 aromatic heterocycles. The van der Waals surface area contributed by atoms with E-state index in [-0.39, 0.29) is 0 Å². The summed E-state index contributed by atoms with van der Waals surface area (Å²) in [6.45, 7) is 1.16. The molecule has 6 nitrogen and oxygen atoms in total. The molecule has 0 aromatic carbocycles. The second kappa shape index (κ2) is 6.74. The van der Waals surface area contributed by atoms with E-state index in [4.69, 9.17) is 4.52 Å². The normalized spacial score (nSPS) is 18.9. The lowest BCUT2D eigenvalue weighted by Crippen LogP contribution is -2.48. The van der Waals surface area contributed by atoms with Gasteiger partial charge < -0.3 is 19.8 Å². The van der Waals surface area contributed by atoms with Crippen LogP contribution in [-0.2, 0) is 6.54 Å². The Morgan fingerprint density at radius 3 is 2.85 bits per heavy atom. The summed E-state index contributed by atoms with van der Waals surface area (Å²) in [5.74, 6) is 0.756. The lowest BCUT2D eigenvalue weighted by atomic mass is 9.85. The lowest BCUT2D eigenvalue weighted by Gasteiger charge is -2.33. The number of aromatic nitrogens is 1. The first kappa shape index (κ1) is 14.8. The molecule has 0 bridgehead atoms. The predicted molar refractivity (Wildman–Crippen MR) is 77.4 cm³/mol. The molecule has 0 aliphatic heterocycles. The van der Waals surface area contributed by atoms with Crippen molar-refractivity contribution < 1.29 is 9.63 Å². The van der Waals surface area contributed by atoms with Crippen molar-refractivity contribution in [1.82, 2.24) is 15.4 Å². The number of rotatable bonds is 4. The molecular formula is C14H24N4O2. The van der Waals surface area contributed by atoms with Gasteiger partial charge in [0.05, 0.1) is 12.1 Å². The maximum absolute atomic E-state index is 10.5. The van der Waals surface area contributed by atoms with Crippen LogP contribution >= 0.6 is 0 Å². The molecule has 1 heterocycles. The first-order valence-electron chi connectivity index (χ1n) is 7.16. The number of aliphatic imine (C=N–C) groups is 1.